The molecule has 0 aromatic carbocycles. The molecule has 8 nitrogen and oxygen atoms in total. The molecule has 0 radical (unpaired) electrons. The van der Waals surface area contributed by atoms with Crippen molar-refractivity contribution in [3.63, 3.8) is 0 Å². The zero-order valence-electron chi connectivity index (χ0n) is 11.7. The first-order valence-electron chi connectivity index (χ1n) is 6.26. The molecule has 2 rings (SSSR count). The molecular weight excluding hydrogens is 262 g/mol. The number of hydrogen-bond donors (Lipinski definition) is 0. The van der Waals surface area contributed by atoms with Crippen molar-refractivity contribution < 1.29 is 14.3 Å². The van der Waals surface area contributed by atoms with E-state index in [1.54, 1.807) is 42.8 Å². The lowest BCUT2D eigenvalue weighted by Crippen LogP contribution is -2.10. The van der Waals surface area contributed by atoms with Gasteiger partial charge in [-0.05, 0) is 6.92 Å². The summed E-state index contributed by atoms with van der Waals surface area (Å²) in [6.07, 6.45) is 3.45. The molecule has 20 heavy (non-hydrogen) atoms. The second kappa shape index (κ2) is 6.29. The monoisotopic (exact) mass is 279 g/mol. The first kappa shape index (κ1) is 14.2. The van der Waals surface area contributed by atoms with Gasteiger partial charge in [0.25, 0.3) is 0 Å². The van der Waals surface area contributed by atoms with Crippen molar-refractivity contribution in [3.8, 4) is 11.3 Å². The zero-order chi connectivity index (χ0) is 14.5. The van der Waals surface area contributed by atoms with Crippen molar-refractivity contribution in [3.05, 3.63) is 18.1 Å². The van der Waals surface area contributed by atoms with Crippen molar-refractivity contribution in [2.45, 2.75) is 13.5 Å². The molecule has 0 N–H and O–H groups in total. The quantitative estimate of drug-likeness (QED) is 0.716. The summed E-state index contributed by atoms with van der Waals surface area (Å²) in [6.45, 7) is 3.00. The Morgan fingerprint density at radius 2 is 2.25 bits per heavy atom. The van der Waals surface area contributed by atoms with Gasteiger partial charge in [0, 0.05) is 25.9 Å². The molecule has 0 unspecified atom stereocenters. The third-order valence-electron chi connectivity index (χ3n) is 2.69. The van der Waals surface area contributed by atoms with Crippen LogP contribution in [0.4, 0.5) is 0 Å². The van der Waals surface area contributed by atoms with Crippen molar-refractivity contribution in [1.29, 1.82) is 0 Å². The van der Waals surface area contributed by atoms with Gasteiger partial charge in [-0.25, -0.2) is 9.48 Å². The predicted octanol–water partition coefficient (Wildman–Crippen LogP) is 0.502. The normalized spacial score (nSPS) is 10.8. The Hall–Kier alpha value is -2.22. The van der Waals surface area contributed by atoms with Crippen LogP contribution in [0.25, 0.3) is 11.3 Å². The lowest BCUT2D eigenvalue weighted by atomic mass is 10.2. The van der Waals surface area contributed by atoms with E-state index in [9.17, 15) is 4.79 Å². The van der Waals surface area contributed by atoms with Gasteiger partial charge >= 0.3 is 5.97 Å². The maximum Gasteiger partial charge on any atom is 0.361 e. The van der Waals surface area contributed by atoms with Crippen LogP contribution >= 0.6 is 0 Å². The standard InChI is InChI=1S/C12H17N5O3/c1-4-20-12(18)10-11(9-7-13-16(2)8-9)17(15-14-10)5-6-19-3/h7-8H,4-6H2,1-3H3. The summed E-state index contributed by atoms with van der Waals surface area (Å²) in [7, 11) is 3.41. The Morgan fingerprint density at radius 3 is 2.85 bits per heavy atom. The number of aryl methyl sites for hydroxylation is 1. The van der Waals surface area contributed by atoms with E-state index >= 15 is 0 Å². The van der Waals surface area contributed by atoms with Gasteiger partial charge in [-0.1, -0.05) is 5.21 Å². The third kappa shape index (κ3) is 2.85. The van der Waals surface area contributed by atoms with E-state index in [2.05, 4.69) is 15.4 Å². The van der Waals surface area contributed by atoms with Gasteiger partial charge in [-0.2, -0.15) is 5.10 Å². The summed E-state index contributed by atoms with van der Waals surface area (Å²) in [6, 6.07) is 0. The highest BCUT2D eigenvalue weighted by Gasteiger charge is 2.23. The number of ether oxygens (including phenoxy) is 2. The number of methoxy groups -OCH3 is 1. The van der Waals surface area contributed by atoms with E-state index in [4.69, 9.17) is 9.47 Å². The number of nitrogens with zero attached hydrogens (tertiary/aromatic N) is 5. The zero-order valence-corrected chi connectivity index (χ0v) is 11.7. The molecular formula is C12H17N5O3. The second-order valence-corrected chi connectivity index (χ2v) is 4.13. The number of hydrogen-bond acceptors (Lipinski definition) is 6. The van der Waals surface area contributed by atoms with Crippen LogP contribution in [-0.2, 0) is 23.1 Å². The minimum Gasteiger partial charge on any atom is -0.461 e. The molecule has 0 saturated heterocycles. The summed E-state index contributed by atoms with van der Waals surface area (Å²) >= 11 is 0. The van der Waals surface area contributed by atoms with Crippen molar-refractivity contribution >= 4 is 5.97 Å². The molecule has 0 amide bonds. The summed E-state index contributed by atoms with van der Waals surface area (Å²) in [4.78, 5) is 11.9. The Kier molecular flexibility index (Phi) is 4.46. The highest BCUT2D eigenvalue weighted by Crippen LogP contribution is 2.22. The highest BCUT2D eigenvalue weighted by molar-refractivity contribution is 5.93. The molecule has 0 aliphatic carbocycles. The van der Waals surface area contributed by atoms with Crippen LogP contribution in [0.15, 0.2) is 12.4 Å². The van der Waals surface area contributed by atoms with Crippen molar-refractivity contribution in [2.75, 3.05) is 20.3 Å². The Balaban J connectivity index is 2.42. The fourth-order valence-electron chi connectivity index (χ4n) is 1.81. The molecule has 0 spiro atoms. The second-order valence-electron chi connectivity index (χ2n) is 4.13. The van der Waals surface area contributed by atoms with Crippen LogP contribution in [0.3, 0.4) is 0 Å². The van der Waals surface area contributed by atoms with Crippen LogP contribution in [0, 0.1) is 0 Å². The lowest BCUT2D eigenvalue weighted by molar-refractivity contribution is 0.0520. The average molecular weight is 279 g/mol. The number of aromatic nitrogens is 5. The maximum absolute atomic E-state index is 11.9. The third-order valence-corrected chi connectivity index (χ3v) is 2.69. The molecule has 8 heteroatoms. The topological polar surface area (TPSA) is 84.1 Å². The first-order chi connectivity index (χ1) is 9.67. The summed E-state index contributed by atoms with van der Waals surface area (Å²) in [5.74, 6) is -0.491. The Bertz CT molecular complexity index is 590. The van der Waals surface area contributed by atoms with Crippen LogP contribution in [0.2, 0.25) is 0 Å². The van der Waals surface area contributed by atoms with Gasteiger partial charge in [-0.15, -0.1) is 5.10 Å². The van der Waals surface area contributed by atoms with Gasteiger partial charge in [0.05, 0.1) is 26.0 Å². The molecule has 0 aliphatic rings. The van der Waals surface area contributed by atoms with Crippen LogP contribution in [-0.4, -0.2) is 51.1 Å². The number of carbonyl (C=O) groups is 1. The minimum absolute atomic E-state index is 0.191. The molecule has 0 aliphatic heterocycles. The molecule has 0 bridgehead atoms. The minimum atomic E-state index is -0.491. The largest absolute Gasteiger partial charge is 0.461 e. The number of rotatable bonds is 6. The summed E-state index contributed by atoms with van der Waals surface area (Å²) in [5, 5.41) is 12.0. The maximum atomic E-state index is 11.9. The van der Waals surface area contributed by atoms with Gasteiger partial charge < -0.3 is 9.47 Å². The lowest BCUT2D eigenvalue weighted by Gasteiger charge is -2.05. The van der Waals surface area contributed by atoms with Gasteiger partial charge in [0.1, 0.15) is 5.69 Å². The molecule has 2 aromatic heterocycles. The van der Waals surface area contributed by atoms with E-state index in [1.165, 1.54) is 0 Å². The molecule has 2 heterocycles. The van der Waals surface area contributed by atoms with Crippen LogP contribution in [0.5, 0.6) is 0 Å². The SMILES string of the molecule is CCOC(=O)c1nnn(CCOC)c1-c1cnn(C)c1. The van der Waals surface area contributed by atoms with Gasteiger partial charge in [0.15, 0.2) is 5.69 Å². The van der Waals surface area contributed by atoms with Crippen molar-refractivity contribution in [1.82, 2.24) is 24.8 Å². The van der Waals surface area contributed by atoms with E-state index in [1.807, 2.05) is 0 Å². The van der Waals surface area contributed by atoms with Crippen molar-refractivity contribution in [2.24, 2.45) is 7.05 Å². The summed E-state index contributed by atoms with van der Waals surface area (Å²) in [5.41, 5.74) is 1.54. The smallest absolute Gasteiger partial charge is 0.361 e. The van der Waals surface area contributed by atoms with E-state index < -0.39 is 5.97 Å². The van der Waals surface area contributed by atoms with Gasteiger partial charge in [0.2, 0.25) is 0 Å². The fraction of sp³-hybridized carbons (Fsp3) is 0.500. The first-order valence-corrected chi connectivity index (χ1v) is 6.26. The number of esters is 1. The van der Waals surface area contributed by atoms with Crippen LogP contribution in [0.1, 0.15) is 17.4 Å². The molecule has 2 aromatic rings. The molecule has 0 atom stereocenters. The Morgan fingerprint density at radius 1 is 1.45 bits per heavy atom. The van der Waals surface area contributed by atoms with Crippen LogP contribution < -0.4 is 0 Å². The number of carbonyl (C=O) groups excluding carboxylic acids is 1. The average Bonchev–Trinajstić information content (AvgIpc) is 3.02. The van der Waals surface area contributed by atoms with E-state index in [0.717, 1.165) is 5.56 Å². The van der Waals surface area contributed by atoms with E-state index in [-0.39, 0.29) is 12.3 Å². The predicted molar refractivity (Wildman–Crippen MR) is 70.1 cm³/mol. The summed E-state index contributed by atoms with van der Waals surface area (Å²) < 4.78 is 13.3. The highest BCUT2D eigenvalue weighted by atomic mass is 16.5. The van der Waals surface area contributed by atoms with Gasteiger partial charge in [-0.3, -0.25) is 4.68 Å². The van der Waals surface area contributed by atoms with E-state index in [0.29, 0.717) is 18.8 Å². The molecule has 0 saturated carbocycles. The molecule has 0 fully saturated rings. The molecule has 108 valence electrons. The Labute approximate surface area is 116 Å². The fourth-order valence-corrected chi connectivity index (χ4v) is 1.81.